The molecule has 1 unspecified atom stereocenters. The number of carbonyl (C=O) groups is 1. The molecule has 1 aromatic carbocycles. The normalized spacial score (nSPS) is 20.2. The molecule has 0 fully saturated rings. The molecule has 0 saturated carbocycles. The molecule has 1 aliphatic heterocycles. The van der Waals surface area contributed by atoms with Crippen LogP contribution < -0.4 is 0 Å². The summed E-state index contributed by atoms with van der Waals surface area (Å²) in [6.45, 7) is 1.93. The zero-order valence-corrected chi connectivity index (χ0v) is 9.79. The highest BCUT2D eigenvalue weighted by Gasteiger charge is 2.30. The third-order valence-corrected chi connectivity index (χ3v) is 4.30. The number of hydrogen-bond donors (Lipinski definition) is 0. The Kier molecular flexibility index (Phi) is 3.03. The van der Waals surface area contributed by atoms with E-state index in [1.165, 1.54) is 23.9 Å². The van der Waals surface area contributed by atoms with E-state index in [0.717, 1.165) is 6.42 Å². The van der Waals surface area contributed by atoms with E-state index in [1.54, 1.807) is 0 Å². The number of Topliss-reactive ketones (excluding diaryl/α,β-unsaturated/α-hetero) is 1. The monoisotopic (exact) mass is 244 g/mol. The Bertz CT molecular complexity index is 419. The molecule has 2 rings (SSSR count). The minimum Gasteiger partial charge on any atom is -0.293 e. The fourth-order valence-electron chi connectivity index (χ4n) is 1.73. The van der Waals surface area contributed by atoms with Gasteiger partial charge in [-0.15, -0.1) is 11.8 Å². The lowest BCUT2D eigenvalue weighted by Gasteiger charge is -2.22. The molecule has 1 atom stereocenters. The largest absolute Gasteiger partial charge is 0.293 e. The van der Waals surface area contributed by atoms with E-state index >= 15 is 0 Å². The Morgan fingerprint density at radius 3 is 3.00 bits per heavy atom. The van der Waals surface area contributed by atoms with E-state index in [1.807, 2.05) is 6.92 Å². The molecule has 1 aromatic rings. The van der Waals surface area contributed by atoms with Crippen LogP contribution >= 0.6 is 23.4 Å². The summed E-state index contributed by atoms with van der Waals surface area (Å²) in [5.74, 6) is 0.0535. The number of fused-ring (bicyclic) bond motifs is 1. The average molecular weight is 245 g/mol. The summed E-state index contributed by atoms with van der Waals surface area (Å²) in [5.41, 5.74) is 0.851. The van der Waals surface area contributed by atoms with Crippen LogP contribution in [-0.2, 0) is 5.75 Å². The van der Waals surface area contributed by atoms with Crippen LogP contribution in [0.3, 0.4) is 0 Å². The second kappa shape index (κ2) is 4.14. The summed E-state index contributed by atoms with van der Waals surface area (Å²) in [5, 5.41) is 0.368. The number of rotatable bonds is 1. The van der Waals surface area contributed by atoms with E-state index in [2.05, 4.69) is 0 Å². The summed E-state index contributed by atoms with van der Waals surface area (Å²) in [7, 11) is 0. The van der Waals surface area contributed by atoms with Crippen LogP contribution in [0.2, 0.25) is 5.02 Å². The molecule has 0 radical (unpaired) electrons. The highest BCUT2D eigenvalue weighted by Crippen LogP contribution is 2.36. The quantitative estimate of drug-likeness (QED) is 0.750. The van der Waals surface area contributed by atoms with Crippen LogP contribution in [0.1, 0.15) is 29.3 Å². The van der Waals surface area contributed by atoms with Gasteiger partial charge in [-0.25, -0.2) is 4.39 Å². The van der Waals surface area contributed by atoms with Gasteiger partial charge in [0.05, 0.1) is 10.8 Å². The van der Waals surface area contributed by atoms with Crippen molar-refractivity contribution >= 4 is 29.1 Å². The van der Waals surface area contributed by atoms with E-state index in [4.69, 9.17) is 11.6 Å². The topological polar surface area (TPSA) is 17.1 Å². The van der Waals surface area contributed by atoms with Crippen molar-refractivity contribution in [1.82, 2.24) is 0 Å². The van der Waals surface area contributed by atoms with Crippen molar-refractivity contribution in [3.05, 3.63) is 34.1 Å². The first-order chi connectivity index (χ1) is 7.15. The summed E-state index contributed by atoms with van der Waals surface area (Å²) in [4.78, 5) is 11.9. The zero-order chi connectivity index (χ0) is 11.0. The fourth-order valence-corrected chi connectivity index (χ4v) is 3.20. The van der Waals surface area contributed by atoms with Crippen LogP contribution in [0.25, 0.3) is 0 Å². The minimum absolute atomic E-state index is 0.120. The zero-order valence-electron chi connectivity index (χ0n) is 8.22. The van der Waals surface area contributed by atoms with Crippen molar-refractivity contribution in [2.45, 2.75) is 24.3 Å². The third kappa shape index (κ3) is 1.79. The summed E-state index contributed by atoms with van der Waals surface area (Å²) >= 11 is 7.47. The van der Waals surface area contributed by atoms with Crippen molar-refractivity contribution in [1.29, 1.82) is 0 Å². The Hall–Kier alpha value is -0.540. The lowest BCUT2D eigenvalue weighted by atomic mass is 10.00. The van der Waals surface area contributed by atoms with Crippen LogP contribution in [0.4, 0.5) is 4.39 Å². The van der Waals surface area contributed by atoms with E-state index < -0.39 is 5.82 Å². The van der Waals surface area contributed by atoms with Gasteiger partial charge in [-0.3, -0.25) is 4.79 Å². The minimum atomic E-state index is -0.446. The van der Waals surface area contributed by atoms with Gasteiger partial charge in [0.15, 0.2) is 5.78 Å². The summed E-state index contributed by atoms with van der Waals surface area (Å²) in [6.07, 6.45) is 0.731. The number of ketones is 1. The molecule has 0 spiro atoms. The molecule has 0 saturated heterocycles. The summed E-state index contributed by atoms with van der Waals surface area (Å²) < 4.78 is 13.5. The van der Waals surface area contributed by atoms with E-state index in [9.17, 15) is 9.18 Å². The molecular formula is C11H10ClFOS. The SMILES string of the molecule is CCC1SCc2c(Cl)ccc(F)c2C1=O. The maximum Gasteiger partial charge on any atom is 0.179 e. The lowest BCUT2D eigenvalue weighted by molar-refractivity contribution is 0.0981. The van der Waals surface area contributed by atoms with Crippen LogP contribution in [-0.4, -0.2) is 11.0 Å². The fraction of sp³-hybridized carbons (Fsp3) is 0.364. The van der Waals surface area contributed by atoms with E-state index in [-0.39, 0.29) is 16.6 Å². The molecular weight excluding hydrogens is 235 g/mol. The number of halogens is 2. The molecule has 0 aromatic heterocycles. The van der Waals surface area contributed by atoms with Gasteiger partial charge in [0, 0.05) is 10.8 Å². The first-order valence-electron chi connectivity index (χ1n) is 4.77. The molecule has 0 N–H and O–H groups in total. The van der Waals surface area contributed by atoms with Crippen molar-refractivity contribution in [3.63, 3.8) is 0 Å². The van der Waals surface area contributed by atoms with Gasteiger partial charge in [0.25, 0.3) is 0 Å². The molecule has 1 heterocycles. The average Bonchev–Trinajstić information content (AvgIpc) is 2.23. The highest BCUT2D eigenvalue weighted by atomic mass is 35.5. The first kappa shape index (κ1) is 11.0. The Labute approximate surface area is 97.0 Å². The molecule has 0 aliphatic carbocycles. The molecule has 15 heavy (non-hydrogen) atoms. The van der Waals surface area contributed by atoms with Gasteiger partial charge in [-0.05, 0) is 24.1 Å². The highest BCUT2D eigenvalue weighted by molar-refractivity contribution is 8.00. The maximum absolute atomic E-state index is 13.5. The third-order valence-electron chi connectivity index (χ3n) is 2.54. The van der Waals surface area contributed by atoms with Crippen molar-refractivity contribution in [2.24, 2.45) is 0 Å². The van der Waals surface area contributed by atoms with Gasteiger partial charge >= 0.3 is 0 Å². The van der Waals surface area contributed by atoms with Crippen LogP contribution in [0.5, 0.6) is 0 Å². The molecule has 0 amide bonds. The number of hydrogen-bond acceptors (Lipinski definition) is 2. The first-order valence-corrected chi connectivity index (χ1v) is 6.20. The van der Waals surface area contributed by atoms with Crippen LogP contribution in [0.15, 0.2) is 12.1 Å². The molecule has 4 heteroatoms. The van der Waals surface area contributed by atoms with Gasteiger partial charge in [-0.1, -0.05) is 18.5 Å². The van der Waals surface area contributed by atoms with E-state index in [0.29, 0.717) is 16.3 Å². The maximum atomic E-state index is 13.5. The molecule has 1 nitrogen and oxygen atoms in total. The van der Waals surface area contributed by atoms with Crippen molar-refractivity contribution < 1.29 is 9.18 Å². The van der Waals surface area contributed by atoms with Crippen molar-refractivity contribution in [2.75, 3.05) is 0 Å². The Balaban J connectivity index is 2.55. The second-order valence-electron chi connectivity index (χ2n) is 3.45. The lowest BCUT2D eigenvalue weighted by Crippen LogP contribution is -2.24. The smallest absolute Gasteiger partial charge is 0.179 e. The Morgan fingerprint density at radius 2 is 2.33 bits per heavy atom. The molecule has 0 bridgehead atoms. The predicted molar refractivity (Wildman–Crippen MR) is 61.1 cm³/mol. The standard InChI is InChI=1S/C11H10ClFOS/c1-2-9-11(14)10-6(5-15-9)7(12)3-4-8(10)13/h3-4,9H,2,5H2,1H3. The van der Waals surface area contributed by atoms with Crippen LogP contribution in [0, 0.1) is 5.82 Å². The van der Waals surface area contributed by atoms with Gasteiger partial charge in [-0.2, -0.15) is 0 Å². The second-order valence-corrected chi connectivity index (χ2v) is 5.05. The Morgan fingerprint density at radius 1 is 1.60 bits per heavy atom. The molecule has 80 valence electrons. The molecule has 1 aliphatic rings. The number of thioether (sulfide) groups is 1. The predicted octanol–water partition coefficient (Wildman–Crippen LogP) is 3.69. The van der Waals surface area contributed by atoms with Gasteiger partial charge < -0.3 is 0 Å². The summed E-state index contributed by atoms with van der Waals surface area (Å²) in [6, 6.07) is 2.78. The number of carbonyl (C=O) groups excluding carboxylic acids is 1. The van der Waals surface area contributed by atoms with Gasteiger partial charge in [0.2, 0.25) is 0 Å². The van der Waals surface area contributed by atoms with Crippen molar-refractivity contribution in [3.8, 4) is 0 Å². The van der Waals surface area contributed by atoms with Gasteiger partial charge in [0.1, 0.15) is 5.82 Å². The number of benzene rings is 1.